The van der Waals surface area contributed by atoms with Gasteiger partial charge >= 0.3 is 0 Å². The molecular weight excluding hydrogens is 388 g/mol. The van der Waals surface area contributed by atoms with Gasteiger partial charge in [0.25, 0.3) is 11.8 Å². The zero-order chi connectivity index (χ0) is 21.2. The minimum Gasteiger partial charge on any atom is -0.272 e. The second-order valence-corrected chi connectivity index (χ2v) is 7.94. The highest BCUT2D eigenvalue weighted by Gasteiger charge is 2.21. The Morgan fingerprint density at radius 1 is 0.862 bits per heavy atom. The van der Waals surface area contributed by atoms with Gasteiger partial charge in [0.15, 0.2) is 0 Å². The first-order valence-electron chi connectivity index (χ1n) is 9.03. The van der Waals surface area contributed by atoms with Crippen molar-refractivity contribution in [1.82, 2.24) is 20.8 Å². The summed E-state index contributed by atoms with van der Waals surface area (Å²) in [6.45, 7) is 7.02. The van der Waals surface area contributed by atoms with Crippen molar-refractivity contribution < 1.29 is 9.59 Å². The summed E-state index contributed by atoms with van der Waals surface area (Å²) in [5, 5.41) is 7.26. The first kappa shape index (κ1) is 22.2. The fourth-order valence-electron chi connectivity index (χ4n) is 2.17. The third-order valence-electron chi connectivity index (χ3n) is 3.97. The highest BCUT2D eigenvalue weighted by atomic mass is 32.2. The number of hydrazone groups is 2. The quantitative estimate of drug-likeness (QED) is 0.511. The molecule has 2 rings (SSSR count). The number of nitrogens with one attached hydrogen (secondary N) is 2. The maximum Gasteiger partial charge on any atom is 0.252 e. The molecule has 0 spiro atoms. The minimum absolute atomic E-state index is 0.284. The molecule has 2 heterocycles. The molecule has 2 atom stereocenters. The molecule has 0 bridgehead atoms. The van der Waals surface area contributed by atoms with Crippen molar-refractivity contribution >= 4 is 35.0 Å². The summed E-state index contributed by atoms with van der Waals surface area (Å²) < 4.78 is 0. The van der Waals surface area contributed by atoms with Crippen LogP contribution < -0.4 is 10.9 Å². The number of thioether (sulfide) groups is 1. The molecule has 29 heavy (non-hydrogen) atoms. The fourth-order valence-corrected chi connectivity index (χ4v) is 3.14. The van der Waals surface area contributed by atoms with E-state index >= 15 is 0 Å². The topological polar surface area (TPSA) is 109 Å². The number of nitrogens with zero attached hydrogens (tertiary/aromatic N) is 4. The summed E-state index contributed by atoms with van der Waals surface area (Å²) in [4.78, 5) is 32.6. The molecule has 2 N–H and O–H groups in total. The number of hydrogen-bond acceptors (Lipinski definition) is 7. The van der Waals surface area contributed by atoms with Crippen molar-refractivity contribution in [3.63, 3.8) is 0 Å². The van der Waals surface area contributed by atoms with Gasteiger partial charge in [-0.2, -0.15) is 10.2 Å². The molecule has 2 aromatic rings. The Bertz CT molecular complexity index is 813. The van der Waals surface area contributed by atoms with E-state index in [-0.39, 0.29) is 11.8 Å². The lowest BCUT2D eigenvalue weighted by Gasteiger charge is -2.15. The van der Waals surface area contributed by atoms with E-state index < -0.39 is 10.5 Å². The highest BCUT2D eigenvalue weighted by molar-refractivity contribution is 8.01. The van der Waals surface area contributed by atoms with Crippen molar-refractivity contribution in [2.75, 3.05) is 0 Å². The van der Waals surface area contributed by atoms with Crippen LogP contribution in [0.4, 0.5) is 0 Å². The Labute approximate surface area is 174 Å². The SMILES string of the molecule is C/C(=N/NC(=O)[C@H](C)S[C@@H](C)C(=O)N/N=C(/C)c1cccnc1)c1cccnc1. The predicted octanol–water partition coefficient (Wildman–Crippen LogP) is 2.37. The molecule has 0 radical (unpaired) electrons. The number of rotatable bonds is 8. The number of amides is 2. The van der Waals surface area contributed by atoms with E-state index in [4.69, 9.17) is 0 Å². The number of carbonyl (C=O) groups is 2. The molecule has 0 aliphatic rings. The first-order chi connectivity index (χ1) is 13.9. The Morgan fingerprint density at radius 2 is 1.28 bits per heavy atom. The molecule has 0 aromatic carbocycles. The molecule has 2 amide bonds. The predicted molar refractivity (Wildman–Crippen MR) is 116 cm³/mol. The molecule has 0 saturated heterocycles. The lowest BCUT2D eigenvalue weighted by molar-refractivity contribution is -0.120. The Kier molecular flexibility index (Phi) is 8.47. The molecule has 0 saturated carbocycles. The molecule has 152 valence electrons. The van der Waals surface area contributed by atoms with Crippen LogP contribution in [0.3, 0.4) is 0 Å². The summed E-state index contributed by atoms with van der Waals surface area (Å²) >= 11 is 1.22. The van der Waals surface area contributed by atoms with E-state index in [0.717, 1.165) is 11.1 Å². The summed E-state index contributed by atoms with van der Waals surface area (Å²) in [5.41, 5.74) is 8.00. The highest BCUT2D eigenvalue weighted by Crippen LogP contribution is 2.18. The summed E-state index contributed by atoms with van der Waals surface area (Å²) in [6.07, 6.45) is 6.68. The van der Waals surface area contributed by atoms with Crippen LogP contribution in [0.5, 0.6) is 0 Å². The standard InChI is InChI=1S/C20H24N6O2S/c1-13(17-7-5-9-21-11-17)23-25-19(27)15(3)29-16(4)20(28)26-24-14(2)18-8-6-10-22-12-18/h5-12,15-16H,1-4H3,(H,25,27)(H,26,28)/b23-13-,24-14-/t15-,16-/m0/s1. The third kappa shape index (κ3) is 7.11. The molecule has 0 unspecified atom stereocenters. The summed E-state index contributed by atoms with van der Waals surface area (Å²) in [6, 6.07) is 7.31. The molecule has 9 heteroatoms. The first-order valence-corrected chi connectivity index (χ1v) is 9.97. The minimum atomic E-state index is -0.468. The van der Waals surface area contributed by atoms with Crippen LogP contribution in [0.25, 0.3) is 0 Å². The van der Waals surface area contributed by atoms with E-state index in [9.17, 15) is 9.59 Å². The maximum absolute atomic E-state index is 12.3. The molecule has 8 nitrogen and oxygen atoms in total. The smallest absolute Gasteiger partial charge is 0.252 e. The van der Waals surface area contributed by atoms with Crippen LogP contribution in [-0.2, 0) is 9.59 Å². The van der Waals surface area contributed by atoms with Crippen LogP contribution in [0.15, 0.2) is 59.3 Å². The van der Waals surface area contributed by atoms with Crippen LogP contribution in [0, 0.1) is 0 Å². The van der Waals surface area contributed by atoms with Crippen LogP contribution >= 0.6 is 11.8 Å². The van der Waals surface area contributed by atoms with Gasteiger partial charge in [0.2, 0.25) is 0 Å². The van der Waals surface area contributed by atoms with E-state index in [2.05, 4.69) is 31.0 Å². The van der Waals surface area contributed by atoms with Crippen molar-refractivity contribution in [3.05, 3.63) is 60.2 Å². The molecule has 0 fully saturated rings. The second kappa shape index (κ2) is 11.1. The van der Waals surface area contributed by atoms with Crippen molar-refractivity contribution in [3.8, 4) is 0 Å². The Morgan fingerprint density at radius 3 is 1.62 bits per heavy atom. The van der Waals surface area contributed by atoms with Crippen molar-refractivity contribution in [2.45, 2.75) is 38.2 Å². The van der Waals surface area contributed by atoms with Gasteiger partial charge < -0.3 is 0 Å². The molecule has 0 aliphatic carbocycles. The maximum atomic E-state index is 12.3. The third-order valence-corrected chi connectivity index (χ3v) is 5.22. The van der Waals surface area contributed by atoms with Gasteiger partial charge in [0.05, 0.1) is 21.9 Å². The monoisotopic (exact) mass is 412 g/mol. The average molecular weight is 413 g/mol. The van der Waals surface area contributed by atoms with Crippen molar-refractivity contribution in [2.24, 2.45) is 10.2 Å². The van der Waals surface area contributed by atoms with Gasteiger partial charge in [-0.15, -0.1) is 11.8 Å². The van der Waals surface area contributed by atoms with Gasteiger partial charge in [-0.3, -0.25) is 19.6 Å². The van der Waals surface area contributed by atoms with Gasteiger partial charge in [-0.05, 0) is 39.8 Å². The Hall–Kier alpha value is -3.07. The van der Waals surface area contributed by atoms with Gasteiger partial charge in [-0.25, -0.2) is 10.9 Å². The lowest BCUT2D eigenvalue weighted by atomic mass is 10.2. The number of carbonyl (C=O) groups excluding carboxylic acids is 2. The van der Waals surface area contributed by atoms with Crippen LogP contribution in [-0.4, -0.2) is 43.7 Å². The number of pyridine rings is 2. The molecule has 2 aromatic heterocycles. The molecule has 0 aliphatic heterocycles. The fraction of sp³-hybridized carbons (Fsp3) is 0.300. The zero-order valence-electron chi connectivity index (χ0n) is 16.8. The zero-order valence-corrected chi connectivity index (χ0v) is 17.6. The normalized spacial score (nSPS) is 14.1. The Balaban J connectivity index is 1.84. The van der Waals surface area contributed by atoms with E-state index in [1.807, 2.05) is 12.1 Å². The van der Waals surface area contributed by atoms with E-state index in [1.54, 1.807) is 64.6 Å². The summed E-state index contributed by atoms with van der Waals surface area (Å²) in [5.74, 6) is -0.569. The van der Waals surface area contributed by atoms with Crippen LogP contribution in [0.2, 0.25) is 0 Å². The average Bonchev–Trinajstić information content (AvgIpc) is 2.76. The number of hydrogen-bond donors (Lipinski definition) is 2. The number of aromatic nitrogens is 2. The van der Waals surface area contributed by atoms with E-state index in [0.29, 0.717) is 11.4 Å². The summed E-state index contributed by atoms with van der Waals surface area (Å²) in [7, 11) is 0. The van der Waals surface area contributed by atoms with E-state index in [1.165, 1.54) is 11.8 Å². The second-order valence-electron chi connectivity index (χ2n) is 6.25. The van der Waals surface area contributed by atoms with Gasteiger partial charge in [0.1, 0.15) is 0 Å². The van der Waals surface area contributed by atoms with Gasteiger partial charge in [-0.1, -0.05) is 12.1 Å². The molecular formula is C20H24N6O2S. The van der Waals surface area contributed by atoms with Crippen LogP contribution in [0.1, 0.15) is 38.8 Å². The van der Waals surface area contributed by atoms with Gasteiger partial charge in [0, 0.05) is 35.9 Å². The largest absolute Gasteiger partial charge is 0.272 e. The lowest BCUT2D eigenvalue weighted by Crippen LogP contribution is -2.33. The van der Waals surface area contributed by atoms with Crippen molar-refractivity contribution in [1.29, 1.82) is 0 Å².